The van der Waals surface area contributed by atoms with Gasteiger partial charge in [-0.1, -0.05) is 6.07 Å². The first-order valence-corrected chi connectivity index (χ1v) is 9.53. The maximum Gasteiger partial charge on any atom is 0.303 e. The van der Waals surface area contributed by atoms with Crippen LogP contribution >= 0.6 is 0 Å². The number of anilines is 1. The van der Waals surface area contributed by atoms with Crippen LogP contribution in [-0.2, 0) is 9.53 Å². The van der Waals surface area contributed by atoms with Crippen LogP contribution in [0.2, 0.25) is 0 Å². The van der Waals surface area contributed by atoms with Crippen molar-refractivity contribution in [2.24, 2.45) is 5.92 Å². The molecule has 0 radical (unpaired) electrons. The summed E-state index contributed by atoms with van der Waals surface area (Å²) in [6.07, 6.45) is 1.30. The Morgan fingerprint density at radius 1 is 1.28 bits per heavy atom. The van der Waals surface area contributed by atoms with E-state index in [0.29, 0.717) is 56.3 Å². The molecule has 0 spiro atoms. The zero-order chi connectivity index (χ0) is 20.8. The van der Waals surface area contributed by atoms with Gasteiger partial charge in [0.05, 0.1) is 12.3 Å². The Morgan fingerprint density at radius 2 is 2.03 bits per heavy atom. The van der Waals surface area contributed by atoms with Crippen LogP contribution in [0.4, 0.5) is 14.5 Å². The smallest absolute Gasteiger partial charge is 0.303 e. The van der Waals surface area contributed by atoms with Crippen LogP contribution in [0.3, 0.4) is 0 Å². The van der Waals surface area contributed by atoms with Crippen LogP contribution in [-0.4, -0.2) is 49.5 Å². The number of ether oxygens (including phenoxy) is 2. The van der Waals surface area contributed by atoms with Gasteiger partial charge < -0.3 is 19.5 Å². The van der Waals surface area contributed by atoms with E-state index in [-0.39, 0.29) is 18.0 Å². The van der Waals surface area contributed by atoms with Gasteiger partial charge in [-0.15, -0.1) is 0 Å². The average molecular weight is 406 g/mol. The third kappa shape index (κ3) is 5.41. The highest BCUT2D eigenvalue weighted by Crippen LogP contribution is 2.33. The molecule has 2 heterocycles. The molecule has 1 atom stereocenters. The fourth-order valence-corrected chi connectivity index (χ4v) is 3.50. The summed E-state index contributed by atoms with van der Waals surface area (Å²) in [5.74, 6) is -2.02. The van der Waals surface area contributed by atoms with E-state index in [1.165, 1.54) is 12.1 Å². The lowest BCUT2D eigenvalue weighted by atomic mass is 10.1. The molecule has 1 N–H and O–H groups in total. The molecule has 1 saturated heterocycles. The molecule has 1 aromatic heterocycles. The van der Waals surface area contributed by atoms with Crippen LogP contribution in [0.15, 0.2) is 30.3 Å². The number of carboxylic acid groups (broad SMARTS) is 1. The fraction of sp³-hybridized carbons (Fsp3) is 0.429. The zero-order valence-electron chi connectivity index (χ0n) is 16.2. The monoisotopic (exact) mass is 406 g/mol. The number of nitrogens with zero attached hydrogens (tertiary/aromatic N) is 2. The maximum atomic E-state index is 14.8. The Kier molecular flexibility index (Phi) is 6.98. The topological polar surface area (TPSA) is 71.9 Å². The number of pyridine rings is 1. The Labute approximate surface area is 168 Å². The molecule has 1 unspecified atom stereocenters. The van der Waals surface area contributed by atoms with Crippen molar-refractivity contribution in [2.75, 3.05) is 38.3 Å². The fourth-order valence-electron chi connectivity index (χ4n) is 3.50. The van der Waals surface area contributed by atoms with Crippen molar-refractivity contribution in [3.8, 4) is 17.1 Å². The van der Waals surface area contributed by atoms with Gasteiger partial charge in [-0.25, -0.2) is 13.8 Å². The SMILES string of the molecule is COCCCOc1cccc(-c2cc(F)c(N3CCC(CC(=O)O)C3)c(F)c2)n1. The third-order valence-electron chi connectivity index (χ3n) is 4.84. The summed E-state index contributed by atoms with van der Waals surface area (Å²) in [6, 6.07) is 7.56. The predicted molar refractivity (Wildman–Crippen MR) is 104 cm³/mol. The number of aromatic nitrogens is 1. The van der Waals surface area contributed by atoms with Gasteiger partial charge in [0.1, 0.15) is 17.3 Å². The van der Waals surface area contributed by atoms with E-state index >= 15 is 0 Å². The van der Waals surface area contributed by atoms with E-state index in [4.69, 9.17) is 14.6 Å². The molecule has 1 aliphatic heterocycles. The lowest BCUT2D eigenvalue weighted by Gasteiger charge is -2.20. The third-order valence-corrected chi connectivity index (χ3v) is 4.84. The summed E-state index contributed by atoms with van der Waals surface area (Å²) in [6.45, 7) is 1.75. The van der Waals surface area contributed by atoms with E-state index in [0.717, 1.165) is 0 Å². The Balaban J connectivity index is 1.75. The number of benzene rings is 1. The second-order valence-corrected chi connectivity index (χ2v) is 7.04. The van der Waals surface area contributed by atoms with Crippen LogP contribution in [0.1, 0.15) is 19.3 Å². The molecule has 1 fully saturated rings. The van der Waals surface area contributed by atoms with Gasteiger partial charge in [0.25, 0.3) is 0 Å². The maximum absolute atomic E-state index is 14.8. The van der Waals surface area contributed by atoms with Gasteiger partial charge in [0.15, 0.2) is 0 Å². The van der Waals surface area contributed by atoms with E-state index in [2.05, 4.69) is 4.98 Å². The van der Waals surface area contributed by atoms with E-state index in [1.807, 2.05) is 0 Å². The van der Waals surface area contributed by atoms with Crippen molar-refractivity contribution >= 4 is 11.7 Å². The molecular weight excluding hydrogens is 382 g/mol. The number of hydrogen-bond acceptors (Lipinski definition) is 5. The van der Waals surface area contributed by atoms with Crippen molar-refractivity contribution in [3.05, 3.63) is 42.0 Å². The number of halogens is 2. The second-order valence-electron chi connectivity index (χ2n) is 7.04. The molecule has 156 valence electrons. The molecule has 1 aromatic carbocycles. The second kappa shape index (κ2) is 9.65. The Morgan fingerprint density at radius 3 is 2.72 bits per heavy atom. The normalized spacial score (nSPS) is 16.2. The van der Waals surface area contributed by atoms with Crippen molar-refractivity contribution in [1.82, 2.24) is 4.98 Å². The molecule has 6 nitrogen and oxygen atoms in total. The molecule has 1 aliphatic rings. The van der Waals surface area contributed by atoms with Crippen molar-refractivity contribution in [2.45, 2.75) is 19.3 Å². The lowest BCUT2D eigenvalue weighted by Crippen LogP contribution is -2.23. The van der Waals surface area contributed by atoms with Crippen LogP contribution in [0, 0.1) is 17.6 Å². The molecule has 0 saturated carbocycles. The van der Waals surface area contributed by atoms with E-state index in [1.54, 1.807) is 30.2 Å². The van der Waals surface area contributed by atoms with Gasteiger partial charge in [-0.05, 0) is 30.5 Å². The summed E-state index contributed by atoms with van der Waals surface area (Å²) in [5.41, 5.74) is 0.602. The minimum absolute atomic E-state index is 0.00108. The summed E-state index contributed by atoms with van der Waals surface area (Å²) >= 11 is 0. The van der Waals surface area contributed by atoms with Gasteiger partial charge >= 0.3 is 5.97 Å². The number of carbonyl (C=O) groups is 1. The lowest BCUT2D eigenvalue weighted by molar-refractivity contribution is -0.137. The first-order valence-electron chi connectivity index (χ1n) is 9.53. The van der Waals surface area contributed by atoms with E-state index in [9.17, 15) is 13.6 Å². The molecule has 3 rings (SSSR count). The largest absolute Gasteiger partial charge is 0.481 e. The summed E-state index contributed by atoms with van der Waals surface area (Å²) in [5, 5.41) is 8.92. The van der Waals surface area contributed by atoms with Gasteiger partial charge in [0, 0.05) is 51.3 Å². The number of hydrogen-bond donors (Lipinski definition) is 1. The average Bonchev–Trinajstić information content (AvgIpc) is 3.12. The number of rotatable bonds is 9. The van der Waals surface area contributed by atoms with Gasteiger partial charge in [0.2, 0.25) is 5.88 Å². The molecule has 0 amide bonds. The molecule has 0 bridgehead atoms. The summed E-state index contributed by atoms with van der Waals surface area (Å²) in [4.78, 5) is 16.8. The predicted octanol–water partition coefficient (Wildman–Crippen LogP) is 3.74. The minimum atomic E-state index is -0.900. The van der Waals surface area contributed by atoms with Gasteiger partial charge in [-0.3, -0.25) is 4.79 Å². The minimum Gasteiger partial charge on any atom is -0.481 e. The van der Waals surface area contributed by atoms with Crippen molar-refractivity contribution in [1.29, 1.82) is 0 Å². The summed E-state index contributed by atoms with van der Waals surface area (Å²) in [7, 11) is 1.61. The first-order chi connectivity index (χ1) is 14.0. The Hall–Kier alpha value is -2.74. The molecule has 0 aliphatic carbocycles. The highest BCUT2D eigenvalue weighted by Gasteiger charge is 2.28. The summed E-state index contributed by atoms with van der Waals surface area (Å²) < 4.78 is 40.0. The van der Waals surface area contributed by atoms with Crippen LogP contribution in [0.25, 0.3) is 11.3 Å². The molecular formula is C21H24F2N2O4. The molecule has 2 aromatic rings. The number of carboxylic acids is 1. The van der Waals surface area contributed by atoms with Gasteiger partial charge in [-0.2, -0.15) is 0 Å². The number of methoxy groups -OCH3 is 1. The Bertz CT molecular complexity index is 839. The van der Waals surface area contributed by atoms with Crippen molar-refractivity contribution < 1.29 is 28.2 Å². The van der Waals surface area contributed by atoms with E-state index < -0.39 is 17.6 Å². The van der Waals surface area contributed by atoms with Crippen molar-refractivity contribution in [3.63, 3.8) is 0 Å². The highest BCUT2D eigenvalue weighted by molar-refractivity contribution is 5.68. The molecule has 29 heavy (non-hydrogen) atoms. The zero-order valence-corrected chi connectivity index (χ0v) is 16.2. The van der Waals surface area contributed by atoms with Crippen LogP contribution < -0.4 is 9.64 Å². The first kappa shape index (κ1) is 21.0. The van der Waals surface area contributed by atoms with Crippen LogP contribution in [0.5, 0.6) is 5.88 Å². The standard InChI is InChI=1S/C21H24F2N2O4/c1-28-8-3-9-29-19-5-2-4-18(24-19)15-11-16(22)21(17(23)12-15)25-7-6-14(13-25)10-20(26)27/h2,4-5,11-12,14H,3,6-10,13H2,1H3,(H,26,27). The molecule has 8 heteroatoms. The highest BCUT2D eigenvalue weighted by atomic mass is 19.1. The quantitative estimate of drug-likeness (QED) is 0.640. The number of aliphatic carboxylic acids is 1.